The summed E-state index contributed by atoms with van der Waals surface area (Å²) in [6, 6.07) is 5.93. The van der Waals surface area contributed by atoms with Crippen molar-refractivity contribution in [3.63, 3.8) is 0 Å². The minimum Gasteiger partial charge on any atom is -0.424 e. The summed E-state index contributed by atoms with van der Waals surface area (Å²) < 4.78 is 8.24. The second kappa shape index (κ2) is 4.24. The van der Waals surface area contributed by atoms with Crippen molar-refractivity contribution in [2.24, 2.45) is 7.05 Å². The third-order valence-corrected chi connectivity index (χ3v) is 2.68. The molecule has 78 valence electrons. The normalized spacial score (nSPS) is 10.3. The quantitative estimate of drug-likeness (QED) is 0.843. The molecule has 0 N–H and O–H groups in total. The zero-order valence-corrected chi connectivity index (χ0v) is 10.3. The molecule has 0 aliphatic carbocycles. The zero-order chi connectivity index (χ0) is 10.8. The standard InChI is InChI=1S/C10H8BrClN2O/c1-14-5-4-13-10(14)15-9-6-7(11)2-3-8(9)12/h2-6H,1H3. The Morgan fingerprint density at radius 2 is 2.27 bits per heavy atom. The SMILES string of the molecule is Cn1ccnc1Oc1cc(Br)ccc1Cl. The van der Waals surface area contributed by atoms with Gasteiger partial charge in [-0.25, -0.2) is 4.98 Å². The molecule has 1 aromatic carbocycles. The highest BCUT2D eigenvalue weighted by molar-refractivity contribution is 9.10. The summed E-state index contributed by atoms with van der Waals surface area (Å²) in [6.07, 6.45) is 3.47. The zero-order valence-electron chi connectivity index (χ0n) is 7.95. The van der Waals surface area contributed by atoms with Crippen LogP contribution in [0.3, 0.4) is 0 Å². The van der Waals surface area contributed by atoms with Gasteiger partial charge in [0.05, 0.1) is 5.02 Å². The maximum absolute atomic E-state index is 5.98. The number of ether oxygens (including phenoxy) is 1. The topological polar surface area (TPSA) is 27.1 Å². The van der Waals surface area contributed by atoms with Gasteiger partial charge in [0.15, 0.2) is 5.75 Å². The molecule has 0 spiro atoms. The first-order valence-electron chi connectivity index (χ1n) is 4.27. The van der Waals surface area contributed by atoms with Crippen molar-refractivity contribution >= 4 is 27.5 Å². The van der Waals surface area contributed by atoms with Gasteiger partial charge in [-0.3, -0.25) is 0 Å². The predicted molar refractivity (Wildman–Crippen MR) is 62.4 cm³/mol. The van der Waals surface area contributed by atoms with Crippen LogP contribution < -0.4 is 4.74 Å². The molecule has 2 aromatic rings. The number of aromatic nitrogens is 2. The summed E-state index contributed by atoms with van der Waals surface area (Å²) >= 11 is 9.34. The average molecular weight is 288 g/mol. The summed E-state index contributed by atoms with van der Waals surface area (Å²) in [5, 5.41) is 0.557. The second-order valence-electron chi connectivity index (χ2n) is 3.00. The van der Waals surface area contributed by atoms with Gasteiger partial charge in [0.1, 0.15) is 0 Å². The van der Waals surface area contributed by atoms with Crippen molar-refractivity contribution in [1.82, 2.24) is 9.55 Å². The van der Waals surface area contributed by atoms with Gasteiger partial charge in [-0.05, 0) is 18.2 Å². The van der Waals surface area contributed by atoms with Crippen molar-refractivity contribution in [3.05, 3.63) is 40.1 Å². The van der Waals surface area contributed by atoms with Crippen LogP contribution in [0.25, 0.3) is 0 Å². The number of nitrogens with zero attached hydrogens (tertiary/aromatic N) is 2. The maximum atomic E-state index is 5.98. The Balaban J connectivity index is 2.32. The first-order valence-corrected chi connectivity index (χ1v) is 5.44. The number of aryl methyl sites for hydroxylation is 1. The fraction of sp³-hybridized carbons (Fsp3) is 0.100. The molecular weight excluding hydrogens is 279 g/mol. The highest BCUT2D eigenvalue weighted by Crippen LogP contribution is 2.30. The number of imidazole rings is 1. The van der Waals surface area contributed by atoms with Crippen molar-refractivity contribution in [2.45, 2.75) is 0 Å². The lowest BCUT2D eigenvalue weighted by molar-refractivity contribution is 0.425. The van der Waals surface area contributed by atoms with Gasteiger partial charge in [0.2, 0.25) is 0 Å². The van der Waals surface area contributed by atoms with E-state index < -0.39 is 0 Å². The second-order valence-corrected chi connectivity index (χ2v) is 4.32. The van der Waals surface area contributed by atoms with Gasteiger partial charge in [0.25, 0.3) is 0 Å². The van der Waals surface area contributed by atoms with Crippen molar-refractivity contribution < 1.29 is 4.74 Å². The largest absolute Gasteiger partial charge is 0.424 e. The third-order valence-electron chi connectivity index (χ3n) is 1.87. The molecular formula is C10H8BrClN2O. The molecule has 0 saturated carbocycles. The molecule has 0 atom stereocenters. The van der Waals surface area contributed by atoms with E-state index in [2.05, 4.69) is 20.9 Å². The number of hydrogen-bond donors (Lipinski definition) is 0. The van der Waals surface area contributed by atoms with Crippen LogP contribution in [0.15, 0.2) is 35.1 Å². The molecule has 1 aromatic heterocycles. The monoisotopic (exact) mass is 286 g/mol. The van der Waals surface area contributed by atoms with Crippen LogP contribution >= 0.6 is 27.5 Å². The summed E-state index contributed by atoms with van der Waals surface area (Å²) in [6.45, 7) is 0. The molecule has 0 amide bonds. The fourth-order valence-corrected chi connectivity index (χ4v) is 1.60. The Kier molecular flexibility index (Phi) is 2.98. The van der Waals surface area contributed by atoms with Crippen LogP contribution in [0.2, 0.25) is 5.02 Å². The molecule has 15 heavy (non-hydrogen) atoms. The van der Waals surface area contributed by atoms with E-state index in [1.54, 1.807) is 29.1 Å². The van der Waals surface area contributed by atoms with Crippen LogP contribution in [-0.2, 0) is 7.05 Å². The molecule has 0 aliphatic rings. The lowest BCUT2D eigenvalue weighted by Crippen LogP contribution is -1.93. The lowest BCUT2D eigenvalue weighted by Gasteiger charge is -2.06. The van der Waals surface area contributed by atoms with E-state index in [-0.39, 0.29) is 0 Å². The Bertz CT molecular complexity index is 484. The van der Waals surface area contributed by atoms with Gasteiger partial charge in [-0.2, -0.15) is 0 Å². The Labute approximate surface area is 101 Å². The van der Waals surface area contributed by atoms with Gasteiger partial charge >= 0.3 is 6.01 Å². The molecule has 0 aliphatic heterocycles. The van der Waals surface area contributed by atoms with Crippen LogP contribution in [0, 0.1) is 0 Å². The van der Waals surface area contributed by atoms with Crippen LogP contribution in [-0.4, -0.2) is 9.55 Å². The van der Waals surface area contributed by atoms with Gasteiger partial charge in [0, 0.05) is 23.9 Å². The fourth-order valence-electron chi connectivity index (χ4n) is 1.10. The van der Waals surface area contributed by atoms with E-state index in [4.69, 9.17) is 16.3 Å². The summed E-state index contributed by atoms with van der Waals surface area (Å²) in [7, 11) is 1.86. The smallest absolute Gasteiger partial charge is 0.301 e. The molecule has 2 rings (SSSR count). The minimum absolute atomic E-state index is 0.509. The van der Waals surface area contributed by atoms with Crippen LogP contribution in [0.5, 0.6) is 11.8 Å². The van der Waals surface area contributed by atoms with Gasteiger partial charge in [-0.15, -0.1) is 0 Å². The molecule has 0 radical (unpaired) electrons. The highest BCUT2D eigenvalue weighted by atomic mass is 79.9. The highest BCUT2D eigenvalue weighted by Gasteiger charge is 2.06. The molecule has 0 fully saturated rings. The summed E-state index contributed by atoms with van der Waals surface area (Å²) in [4.78, 5) is 4.05. The third kappa shape index (κ3) is 2.33. The number of halogens is 2. The van der Waals surface area contributed by atoms with E-state index in [1.807, 2.05) is 13.1 Å². The average Bonchev–Trinajstić information content (AvgIpc) is 2.58. The minimum atomic E-state index is 0.509. The Morgan fingerprint density at radius 1 is 1.47 bits per heavy atom. The van der Waals surface area contributed by atoms with Gasteiger partial charge < -0.3 is 9.30 Å². The number of benzene rings is 1. The van der Waals surface area contributed by atoms with E-state index in [1.165, 1.54) is 0 Å². The van der Waals surface area contributed by atoms with Crippen LogP contribution in [0.4, 0.5) is 0 Å². The van der Waals surface area contributed by atoms with E-state index in [0.29, 0.717) is 16.8 Å². The molecule has 0 bridgehead atoms. The molecule has 5 heteroatoms. The predicted octanol–water partition coefficient (Wildman–Crippen LogP) is 3.63. The Morgan fingerprint density at radius 3 is 2.93 bits per heavy atom. The van der Waals surface area contributed by atoms with E-state index in [9.17, 15) is 0 Å². The summed E-state index contributed by atoms with van der Waals surface area (Å²) in [5.74, 6) is 0.584. The van der Waals surface area contributed by atoms with Gasteiger partial charge in [-0.1, -0.05) is 27.5 Å². The summed E-state index contributed by atoms with van der Waals surface area (Å²) in [5.41, 5.74) is 0. The first-order chi connectivity index (χ1) is 7.16. The first kappa shape index (κ1) is 10.5. The van der Waals surface area contributed by atoms with Crippen LogP contribution in [0.1, 0.15) is 0 Å². The Hall–Kier alpha value is -1.000. The molecule has 1 heterocycles. The molecule has 3 nitrogen and oxygen atoms in total. The number of rotatable bonds is 2. The molecule has 0 unspecified atom stereocenters. The lowest BCUT2D eigenvalue weighted by atomic mass is 10.3. The molecule has 0 saturated heterocycles. The van der Waals surface area contributed by atoms with Crippen molar-refractivity contribution in [2.75, 3.05) is 0 Å². The maximum Gasteiger partial charge on any atom is 0.301 e. The van der Waals surface area contributed by atoms with Crippen molar-refractivity contribution in [3.8, 4) is 11.8 Å². The van der Waals surface area contributed by atoms with E-state index in [0.717, 1.165) is 4.47 Å². The van der Waals surface area contributed by atoms with E-state index >= 15 is 0 Å². The van der Waals surface area contributed by atoms with Crippen molar-refractivity contribution in [1.29, 1.82) is 0 Å². The number of hydrogen-bond acceptors (Lipinski definition) is 2.